The van der Waals surface area contributed by atoms with Gasteiger partial charge in [0.15, 0.2) is 5.82 Å². The van der Waals surface area contributed by atoms with Gasteiger partial charge in [0.05, 0.1) is 0 Å². The minimum absolute atomic E-state index is 0.0771. The summed E-state index contributed by atoms with van der Waals surface area (Å²) >= 11 is 1.38. The molecule has 9 heteroatoms. The van der Waals surface area contributed by atoms with Gasteiger partial charge in [-0.15, -0.1) is 11.3 Å². The predicted molar refractivity (Wildman–Crippen MR) is 82.0 cm³/mol. The largest absolute Gasteiger partial charge is 0.312 e. The quantitative estimate of drug-likeness (QED) is 0.661. The standard InChI is InChI=1S/C12H16N4O3S2/c1-2-6-13-8-9-10(5-7-20-9)21(18,19)16-11-3-4-12(17)15-14-11/h3-5,7,13H,2,6,8H2,1H3,(H,14,16)(H,15,17). The van der Waals surface area contributed by atoms with Crippen LogP contribution in [0.15, 0.2) is 33.3 Å². The molecule has 0 fully saturated rings. The lowest BCUT2D eigenvalue weighted by molar-refractivity contribution is 0.598. The first kappa shape index (κ1) is 15.7. The second-order valence-corrected chi connectivity index (χ2v) is 6.95. The van der Waals surface area contributed by atoms with Crippen molar-refractivity contribution >= 4 is 27.2 Å². The molecule has 3 N–H and O–H groups in total. The number of hydrogen-bond acceptors (Lipinski definition) is 6. The number of rotatable bonds is 7. The van der Waals surface area contributed by atoms with Crippen molar-refractivity contribution < 1.29 is 8.42 Å². The SMILES string of the molecule is CCCNCc1sccc1S(=O)(=O)Nc1ccc(=O)[nH]n1. The minimum atomic E-state index is -3.71. The minimum Gasteiger partial charge on any atom is -0.312 e. The van der Waals surface area contributed by atoms with Crippen LogP contribution in [0, 0.1) is 0 Å². The van der Waals surface area contributed by atoms with Crippen LogP contribution < -0.4 is 15.6 Å². The Kier molecular flexibility index (Phi) is 5.10. The number of sulfonamides is 1. The maximum atomic E-state index is 12.3. The van der Waals surface area contributed by atoms with Crippen LogP contribution in [0.1, 0.15) is 18.2 Å². The van der Waals surface area contributed by atoms with Gasteiger partial charge in [-0.2, -0.15) is 5.10 Å². The van der Waals surface area contributed by atoms with Crippen molar-refractivity contribution in [3.8, 4) is 0 Å². The summed E-state index contributed by atoms with van der Waals surface area (Å²) in [6.07, 6.45) is 0.979. The summed E-state index contributed by atoms with van der Waals surface area (Å²) < 4.78 is 27.0. The van der Waals surface area contributed by atoms with E-state index in [2.05, 4.69) is 20.2 Å². The van der Waals surface area contributed by atoms with Gasteiger partial charge in [0.25, 0.3) is 15.6 Å². The van der Waals surface area contributed by atoms with Crippen molar-refractivity contribution in [1.29, 1.82) is 0 Å². The molecule has 0 saturated carbocycles. The molecule has 0 bridgehead atoms. The lowest BCUT2D eigenvalue weighted by Gasteiger charge is -2.08. The Balaban J connectivity index is 2.17. The predicted octanol–water partition coefficient (Wildman–Crippen LogP) is 1.13. The number of anilines is 1. The molecule has 2 aromatic heterocycles. The van der Waals surface area contributed by atoms with Crippen molar-refractivity contribution in [3.05, 3.63) is 38.8 Å². The van der Waals surface area contributed by atoms with Crippen molar-refractivity contribution in [1.82, 2.24) is 15.5 Å². The van der Waals surface area contributed by atoms with Gasteiger partial charge >= 0.3 is 0 Å². The zero-order valence-corrected chi connectivity index (χ0v) is 13.1. The summed E-state index contributed by atoms with van der Waals surface area (Å²) in [5, 5.41) is 10.7. The number of aromatic amines is 1. The Labute approximate surface area is 126 Å². The molecule has 0 aromatic carbocycles. The van der Waals surface area contributed by atoms with Crippen LogP contribution in [0.4, 0.5) is 5.82 Å². The fourth-order valence-corrected chi connectivity index (χ4v) is 4.09. The van der Waals surface area contributed by atoms with Gasteiger partial charge in [-0.3, -0.25) is 9.52 Å². The van der Waals surface area contributed by atoms with Crippen LogP contribution in [0.3, 0.4) is 0 Å². The molecular formula is C12H16N4O3S2. The third kappa shape index (κ3) is 4.13. The fraction of sp³-hybridized carbons (Fsp3) is 0.333. The van der Waals surface area contributed by atoms with E-state index in [-0.39, 0.29) is 10.7 Å². The molecule has 2 aromatic rings. The van der Waals surface area contributed by atoms with Crippen molar-refractivity contribution in [2.45, 2.75) is 24.8 Å². The van der Waals surface area contributed by atoms with E-state index in [1.54, 1.807) is 11.4 Å². The lowest BCUT2D eigenvalue weighted by atomic mass is 10.4. The molecule has 0 unspecified atom stereocenters. The van der Waals surface area contributed by atoms with Crippen LogP contribution in [0.5, 0.6) is 0 Å². The molecule has 0 saturated heterocycles. The molecule has 0 aliphatic rings. The molecule has 7 nitrogen and oxygen atoms in total. The van der Waals surface area contributed by atoms with Crippen molar-refractivity contribution in [2.75, 3.05) is 11.3 Å². The molecule has 0 atom stereocenters. The Hall–Kier alpha value is -1.71. The highest BCUT2D eigenvalue weighted by atomic mass is 32.2. The van der Waals surface area contributed by atoms with E-state index >= 15 is 0 Å². The van der Waals surface area contributed by atoms with Crippen LogP contribution in [-0.2, 0) is 16.6 Å². The van der Waals surface area contributed by atoms with E-state index in [9.17, 15) is 13.2 Å². The number of nitrogens with zero attached hydrogens (tertiary/aromatic N) is 1. The van der Waals surface area contributed by atoms with E-state index in [1.165, 1.54) is 23.5 Å². The number of thiophene rings is 1. The Morgan fingerprint density at radius 2 is 2.14 bits per heavy atom. The lowest BCUT2D eigenvalue weighted by Crippen LogP contribution is -2.19. The molecular weight excluding hydrogens is 312 g/mol. The summed E-state index contributed by atoms with van der Waals surface area (Å²) in [6, 6.07) is 4.08. The van der Waals surface area contributed by atoms with Gasteiger partial charge in [-0.25, -0.2) is 13.5 Å². The van der Waals surface area contributed by atoms with Crippen LogP contribution in [0.25, 0.3) is 0 Å². The summed E-state index contributed by atoms with van der Waals surface area (Å²) in [4.78, 5) is 11.9. The van der Waals surface area contributed by atoms with Gasteiger partial charge in [0.2, 0.25) is 0 Å². The smallest absolute Gasteiger partial charge is 0.264 e. The molecule has 21 heavy (non-hydrogen) atoms. The van der Waals surface area contributed by atoms with Crippen LogP contribution in [-0.4, -0.2) is 25.2 Å². The van der Waals surface area contributed by atoms with E-state index < -0.39 is 15.6 Å². The maximum Gasteiger partial charge on any atom is 0.264 e. The first-order chi connectivity index (χ1) is 10.0. The first-order valence-electron chi connectivity index (χ1n) is 6.38. The zero-order chi connectivity index (χ0) is 15.3. The molecule has 2 rings (SSSR count). The molecule has 114 valence electrons. The van der Waals surface area contributed by atoms with Gasteiger partial charge in [-0.1, -0.05) is 6.92 Å². The van der Waals surface area contributed by atoms with Crippen molar-refractivity contribution in [2.24, 2.45) is 0 Å². The highest BCUT2D eigenvalue weighted by Gasteiger charge is 2.20. The number of nitrogens with one attached hydrogen (secondary N) is 3. The summed E-state index contributed by atoms with van der Waals surface area (Å²) in [5.41, 5.74) is -0.391. The molecule has 2 heterocycles. The molecule has 0 radical (unpaired) electrons. The summed E-state index contributed by atoms with van der Waals surface area (Å²) in [7, 11) is -3.71. The van der Waals surface area contributed by atoms with E-state index in [0.29, 0.717) is 6.54 Å². The van der Waals surface area contributed by atoms with Gasteiger partial charge in [-0.05, 0) is 30.5 Å². The summed E-state index contributed by atoms with van der Waals surface area (Å²) in [6.45, 7) is 3.37. The monoisotopic (exact) mass is 328 g/mol. The van der Waals surface area contributed by atoms with Crippen molar-refractivity contribution in [3.63, 3.8) is 0 Å². The van der Waals surface area contributed by atoms with E-state index in [1.807, 2.05) is 6.92 Å². The number of hydrogen-bond donors (Lipinski definition) is 3. The maximum absolute atomic E-state index is 12.3. The van der Waals surface area contributed by atoms with Gasteiger partial charge in [0, 0.05) is 17.5 Å². The van der Waals surface area contributed by atoms with Crippen LogP contribution in [0.2, 0.25) is 0 Å². The fourth-order valence-electron chi connectivity index (χ4n) is 1.67. The average molecular weight is 328 g/mol. The van der Waals surface area contributed by atoms with Crippen LogP contribution >= 0.6 is 11.3 Å². The second kappa shape index (κ2) is 6.83. The summed E-state index contributed by atoms with van der Waals surface area (Å²) in [5.74, 6) is 0.0771. The first-order valence-corrected chi connectivity index (χ1v) is 8.75. The Bertz CT molecular complexity index is 731. The number of aromatic nitrogens is 2. The Morgan fingerprint density at radius 1 is 1.33 bits per heavy atom. The van der Waals surface area contributed by atoms with E-state index in [4.69, 9.17) is 0 Å². The molecule has 0 amide bonds. The number of H-pyrrole nitrogens is 1. The molecule has 0 aliphatic carbocycles. The van der Waals surface area contributed by atoms with Gasteiger partial charge in [0.1, 0.15) is 4.90 Å². The molecule has 0 aliphatic heterocycles. The third-order valence-electron chi connectivity index (χ3n) is 2.62. The normalized spacial score (nSPS) is 11.5. The Morgan fingerprint density at radius 3 is 2.81 bits per heavy atom. The second-order valence-electron chi connectivity index (χ2n) is 4.30. The highest BCUT2D eigenvalue weighted by molar-refractivity contribution is 7.92. The zero-order valence-electron chi connectivity index (χ0n) is 11.4. The highest BCUT2D eigenvalue weighted by Crippen LogP contribution is 2.23. The van der Waals surface area contributed by atoms with E-state index in [0.717, 1.165) is 17.8 Å². The van der Waals surface area contributed by atoms with Gasteiger partial charge < -0.3 is 5.32 Å². The molecule has 0 spiro atoms. The average Bonchev–Trinajstić information content (AvgIpc) is 2.91. The topological polar surface area (TPSA) is 104 Å². The third-order valence-corrected chi connectivity index (χ3v) is 5.11.